The van der Waals surface area contributed by atoms with Crippen LogP contribution in [0.2, 0.25) is 0 Å². The Morgan fingerprint density at radius 2 is 2.08 bits per heavy atom. The SMILES string of the molecule is COC(=O)CCCOc1cc(C(C)NC2CC2)cc2ccccc12. The van der Waals surface area contributed by atoms with Crippen LogP contribution in [-0.2, 0) is 9.53 Å². The first-order valence-corrected chi connectivity index (χ1v) is 8.65. The van der Waals surface area contributed by atoms with E-state index in [2.05, 4.69) is 41.2 Å². The molecule has 1 saturated carbocycles. The second-order valence-electron chi connectivity index (χ2n) is 6.43. The van der Waals surface area contributed by atoms with Crippen LogP contribution in [0.3, 0.4) is 0 Å². The van der Waals surface area contributed by atoms with Crippen molar-refractivity contribution in [2.75, 3.05) is 13.7 Å². The lowest BCUT2D eigenvalue weighted by atomic mass is 10.0. The molecule has 2 aromatic rings. The summed E-state index contributed by atoms with van der Waals surface area (Å²) < 4.78 is 10.7. The maximum atomic E-state index is 11.2. The van der Waals surface area contributed by atoms with Gasteiger partial charge in [-0.25, -0.2) is 0 Å². The Morgan fingerprint density at radius 3 is 2.83 bits per heavy atom. The second-order valence-corrected chi connectivity index (χ2v) is 6.43. The molecule has 2 aromatic carbocycles. The molecule has 1 fully saturated rings. The summed E-state index contributed by atoms with van der Waals surface area (Å²) in [5, 5.41) is 5.93. The van der Waals surface area contributed by atoms with Crippen molar-refractivity contribution in [3.8, 4) is 5.75 Å². The fourth-order valence-electron chi connectivity index (χ4n) is 2.87. The molecule has 1 aliphatic carbocycles. The quantitative estimate of drug-likeness (QED) is 0.588. The predicted molar refractivity (Wildman–Crippen MR) is 95.3 cm³/mol. The minimum atomic E-state index is -0.195. The minimum absolute atomic E-state index is 0.195. The van der Waals surface area contributed by atoms with Gasteiger partial charge >= 0.3 is 5.97 Å². The maximum Gasteiger partial charge on any atom is 0.305 e. The Morgan fingerprint density at radius 1 is 1.29 bits per heavy atom. The fourth-order valence-corrected chi connectivity index (χ4v) is 2.87. The molecule has 4 nitrogen and oxygen atoms in total. The molecule has 0 bridgehead atoms. The number of carbonyl (C=O) groups excluding carboxylic acids is 1. The zero-order chi connectivity index (χ0) is 16.9. The topological polar surface area (TPSA) is 47.6 Å². The van der Waals surface area contributed by atoms with Crippen molar-refractivity contribution < 1.29 is 14.3 Å². The van der Waals surface area contributed by atoms with Crippen LogP contribution in [-0.4, -0.2) is 25.7 Å². The number of carbonyl (C=O) groups is 1. The smallest absolute Gasteiger partial charge is 0.305 e. The van der Waals surface area contributed by atoms with Crippen molar-refractivity contribution in [3.63, 3.8) is 0 Å². The van der Waals surface area contributed by atoms with E-state index in [9.17, 15) is 4.79 Å². The van der Waals surface area contributed by atoms with Crippen LogP contribution in [0.1, 0.15) is 44.2 Å². The van der Waals surface area contributed by atoms with E-state index in [1.54, 1.807) is 0 Å². The molecule has 3 rings (SSSR count). The number of nitrogens with one attached hydrogen (secondary N) is 1. The average Bonchev–Trinajstić information content (AvgIpc) is 3.42. The van der Waals surface area contributed by atoms with Crippen LogP contribution in [0.5, 0.6) is 5.75 Å². The predicted octanol–water partition coefficient (Wildman–Crippen LogP) is 3.98. The van der Waals surface area contributed by atoms with E-state index in [1.807, 2.05) is 12.1 Å². The Hall–Kier alpha value is -2.07. The molecular formula is C20H25NO3. The molecule has 0 aromatic heterocycles. The van der Waals surface area contributed by atoms with Crippen LogP contribution >= 0.6 is 0 Å². The van der Waals surface area contributed by atoms with Crippen molar-refractivity contribution in [3.05, 3.63) is 42.0 Å². The normalized spacial score (nSPS) is 15.2. The molecular weight excluding hydrogens is 302 g/mol. The highest BCUT2D eigenvalue weighted by atomic mass is 16.5. The van der Waals surface area contributed by atoms with E-state index >= 15 is 0 Å². The lowest BCUT2D eigenvalue weighted by molar-refractivity contribution is -0.140. The van der Waals surface area contributed by atoms with E-state index in [0.29, 0.717) is 31.5 Å². The fraction of sp³-hybridized carbons (Fsp3) is 0.450. The number of hydrogen-bond donors (Lipinski definition) is 1. The lowest BCUT2D eigenvalue weighted by Crippen LogP contribution is -2.20. The Kier molecular flexibility index (Phi) is 5.36. The first kappa shape index (κ1) is 16.8. The number of methoxy groups -OCH3 is 1. The molecule has 1 atom stereocenters. The third-order valence-corrected chi connectivity index (χ3v) is 4.42. The van der Waals surface area contributed by atoms with Gasteiger partial charge in [0.25, 0.3) is 0 Å². The molecule has 0 saturated heterocycles. The third-order valence-electron chi connectivity index (χ3n) is 4.42. The van der Waals surface area contributed by atoms with Crippen molar-refractivity contribution in [2.45, 2.75) is 44.7 Å². The summed E-state index contributed by atoms with van der Waals surface area (Å²) >= 11 is 0. The lowest BCUT2D eigenvalue weighted by Gasteiger charge is -2.17. The van der Waals surface area contributed by atoms with Crippen LogP contribution in [0.25, 0.3) is 10.8 Å². The molecule has 0 amide bonds. The van der Waals surface area contributed by atoms with Gasteiger partial charge in [-0.2, -0.15) is 0 Å². The van der Waals surface area contributed by atoms with Crippen molar-refractivity contribution in [1.29, 1.82) is 0 Å². The van der Waals surface area contributed by atoms with Crippen LogP contribution < -0.4 is 10.1 Å². The van der Waals surface area contributed by atoms with Crippen LogP contribution in [0, 0.1) is 0 Å². The van der Waals surface area contributed by atoms with Gasteiger partial charge in [0.15, 0.2) is 0 Å². The highest BCUT2D eigenvalue weighted by Gasteiger charge is 2.23. The van der Waals surface area contributed by atoms with E-state index in [4.69, 9.17) is 4.74 Å². The van der Waals surface area contributed by atoms with Gasteiger partial charge in [-0.1, -0.05) is 24.3 Å². The van der Waals surface area contributed by atoms with E-state index in [0.717, 1.165) is 11.1 Å². The number of esters is 1. The van der Waals surface area contributed by atoms with Gasteiger partial charge in [0.2, 0.25) is 0 Å². The molecule has 0 aliphatic heterocycles. The highest BCUT2D eigenvalue weighted by molar-refractivity contribution is 5.89. The maximum absolute atomic E-state index is 11.2. The van der Waals surface area contributed by atoms with Crippen LogP contribution in [0.15, 0.2) is 36.4 Å². The highest BCUT2D eigenvalue weighted by Crippen LogP contribution is 2.32. The summed E-state index contributed by atoms with van der Waals surface area (Å²) in [5.41, 5.74) is 1.24. The standard InChI is InChI=1S/C20H25NO3/c1-14(21-17-9-10-17)16-12-15-6-3-4-7-18(15)19(13-16)24-11-5-8-20(22)23-2/h3-4,6-7,12-14,17,21H,5,8-11H2,1-2H3. The molecule has 24 heavy (non-hydrogen) atoms. The number of fused-ring (bicyclic) bond motifs is 1. The van der Waals surface area contributed by atoms with E-state index in [1.165, 1.54) is 30.9 Å². The molecule has 1 unspecified atom stereocenters. The Bertz CT molecular complexity index is 709. The third kappa shape index (κ3) is 4.26. The number of rotatable bonds is 8. The minimum Gasteiger partial charge on any atom is -0.493 e. The van der Waals surface area contributed by atoms with Gasteiger partial charge in [0.1, 0.15) is 5.75 Å². The summed E-state index contributed by atoms with van der Waals surface area (Å²) in [6.07, 6.45) is 3.58. The summed E-state index contributed by atoms with van der Waals surface area (Å²) in [6, 6.07) is 13.6. The molecule has 0 heterocycles. The van der Waals surface area contributed by atoms with Crippen molar-refractivity contribution in [2.24, 2.45) is 0 Å². The van der Waals surface area contributed by atoms with Crippen LogP contribution in [0.4, 0.5) is 0 Å². The summed E-state index contributed by atoms with van der Waals surface area (Å²) in [7, 11) is 1.41. The molecule has 1 aliphatic rings. The molecule has 1 N–H and O–H groups in total. The molecule has 0 radical (unpaired) electrons. The summed E-state index contributed by atoms with van der Waals surface area (Å²) in [5.74, 6) is 0.692. The van der Waals surface area contributed by atoms with Gasteiger partial charge in [-0.3, -0.25) is 4.79 Å². The number of benzene rings is 2. The van der Waals surface area contributed by atoms with E-state index in [-0.39, 0.29) is 5.97 Å². The first-order valence-electron chi connectivity index (χ1n) is 8.65. The van der Waals surface area contributed by atoms with Gasteiger partial charge in [-0.15, -0.1) is 0 Å². The van der Waals surface area contributed by atoms with Gasteiger partial charge in [-0.05, 0) is 49.3 Å². The van der Waals surface area contributed by atoms with Gasteiger partial charge in [0.05, 0.1) is 13.7 Å². The number of hydrogen-bond acceptors (Lipinski definition) is 4. The second kappa shape index (κ2) is 7.67. The Balaban J connectivity index is 1.75. The Labute approximate surface area is 143 Å². The average molecular weight is 327 g/mol. The number of ether oxygens (including phenoxy) is 2. The largest absolute Gasteiger partial charge is 0.493 e. The van der Waals surface area contributed by atoms with Gasteiger partial charge in [0, 0.05) is 23.9 Å². The molecule has 128 valence electrons. The van der Waals surface area contributed by atoms with Gasteiger partial charge < -0.3 is 14.8 Å². The van der Waals surface area contributed by atoms with E-state index < -0.39 is 0 Å². The molecule has 4 heteroatoms. The van der Waals surface area contributed by atoms with Crippen molar-refractivity contribution in [1.82, 2.24) is 5.32 Å². The summed E-state index contributed by atoms with van der Waals surface area (Å²) in [4.78, 5) is 11.2. The first-order chi connectivity index (χ1) is 11.7. The molecule has 0 spiro atoms. The van der Waals surface area contributed by atoms with Crippen molar-refractivity contribution >= 4 is 16.7 Å². The monoisotopic (exact) mass is 327 g/mol. The zero-order valence-corrected chi connectivity index (χ0v) is 14.4. The summed E-state index contributed by atoms with van der Waals surface area (Å²) in [6.45, 7) is 2.70. The zero-order valence-electron chi connectivity index (χ0n) is 14.4.